The number of halogens is 1. The molecule has 0 fully saturated rings. The summed E-state index contributed by atoms with van der Waals surface area (Å²) >= 11 is 0. The molecule has 0 aliphatic rings. The van der Waals surface area contributed by atoms with Crippen LogP contribution in [0.25, 0.3) is 0 Å². The number of hydrogen-bond donors (Lipinski definition) is 1. The molecule has 0 saturated heterocycles. The van der Waals surface area contributed by atoms with Gasteiger partial charge >= 0.3 is 0 Å². The van der Waals surface area contributed by atoms with E-state index in [0.29, 0.717) is 6.42 Å². The van der Waals surface area contributed by atoms with E-state index in [-0.39, 0.29) is 18.3 Å². The van der Waals surface area contributed by atoms with Crippen molar-refractivity contribution in [3.63, 3.8) is 0 Å². The van der Waals surface area contributed by atoms with Crippen molar-refractivity contribution in [2.75, 3.05) is 20.1 Å². The molecule has 0 rings (SSSR count). The van der Waals surface area contributed by atoms with Crippen molar-refractivity contribution >= 4 is 18.3 Å². The Labute approximate surface area is 99.8 Å². The van der Waals surface area contributed by atoms with Gasteiger partial charge in [0.25, 0.3) is 0 Å². The number of nitrogens with zero attached hydrogens (tertiary/aromatic N) is 1. The van der Waals surface area contributed by atoms with Gasteiger partial charge in [0.2, 0.25) is 5.91 Å². The van der Waals surface area contributed by atoms with E-state index in [9.17, 15) is 4.79 Å². The van der Waals surface area contributed by atoms with Crippen molar-refractivity contribution in [2.45, 2.75) is 45.4 Å². The third-order valence-electron chi connectivity index (χ3n) is 2.37. The van der Waals surface area contributed by atoms with E-state index in [0.717, 1.165) is 45.2 Å². The zero-order chi connectivity index (χ0) is 10.8. The standard InChI is InChI=1S/C11H24N2O.ClH/c1-3-4-10-13(2)11(14)8-6-5-7-9-12;/h3-10,12H2,1-2H3;1H. The molecule has 0 heterocycles. The maximum Gasteiger partial charge on any atom is 0.222 e. The Morgan fingerprint density at radius 2 is 1.87 bits per heavy atom. The van der Waals surface area contributed by atoms with Crippen LogP contribution in [0.4, 0.5) is 0 Å². The van der Waals surface area contributed by atoms with Crippen molar-refractivity contribution in [3.05, 3.63) is 0 Å². The van der Waals surface area contributed by atoms with Gasteiger partial charge in [-0.05, 0) is 25.8 Å². The van der Waals surface area contributed by atoms with Gasteiger partial charge in [0, 0.05) is 20.0 Å². The van der Waals surface area contributed by atoms with E-state index in [1.807, 2.05) is 11.9 Å². The zero-order valence-corrected chi connectivity index (χ0v) is 10.8. The van der Waals surface area contributed by atoms with Gasteiger partial charge in [-0.3, -0.25) is 4.79 Å². The van der Waals surface area contributed by atoms with Gasteiger partial charge in [-0.15, -0.1) is 12.4 Å². The quantitative estimate of drug-likeness (QED) is 0.657. The Morgan fingerprint density at radius 3 is 2.40 bits per heavy atom. The number of unbranched alkanes of at least 4 members (excludes halogenated alkanes) is 3. The molecule has 0 spiro atoms. The molecule has 4 heteroatoms. The summed E-state index contributed by atoms with van der Waals surface area (Å²) in [4.78, 5) is 13.3. The fraction of sp³-hybridized carbons (Fsp3) is 0.909. The zero-order valence-electron chi connectivity index (χ0n) is 10.00. The summed E-state index contributed by atoms with van der Waals surface area (Å²) in [5.74, 6) is 0.274. The lowest BCUT2D eigenvalue weighted by Crippen LogP contribution is -2.27. The average Bonchev–Trinajstić information content (AvgIpc) is 2.20. The highest BCUT2D eigenvalue weighted by Crippen LogP contribution is 2.02. The Hall–Kier alpha value is -0.280. The first-order valence-corrected chi connectivity index (χ1v) is 5.66. The molecule has 0 aromatic rings. The van der Waals surface area contributed by atoms with Crippen LogP contribution in [0.2, 0.25) is 0 Å². The van der Waals surface area contributed by atoms with Crippen molar-refractivity contribution in [3.8, 4) is 0 Å². The molecule has 0 atom stereocenters. The minimum Gasteiger partial charge on any atom is -0.346 e. The Balaban J connectivity index is 0. The summed E-state index contributed by atoms with van der Waals surface area (Å²) < 4.78 is 0. The molecule has 0 saturated carbocycles. The summed E-state index contributed by atoms with van der Waals surface area (Å²) in [6, 6.07) is 0. The minimum atomic E-state index is 0. The maximum absolute atomic E-state index is 11.5. The van der Waals surface area contributed by atoms with Crippen LogP contribution in [0.15, 0.2) is 0 Å². The number of nitrogens with two attached hydrogens (primary N) is 1. The number of carbonyl (C=O) groups excluding carboxylic acids is 1. The monoisotopic (exact) mass is 236 g/mol. The van der Waals surface area contributed by atoms with E-state index in [1.54, 1.807) is 0 Å². The number of carbonyl (C=O) groups is 1. The first-order valence-electron chi connectivity index (χ1n) is 5.66. The SMILES string of the molecule is CCCCN(C)C(=O)CCCCCN.Cl. The van der Waals surface area contributed by atoms with Gasteiger partial charge in [0.1, 0.15) is 0 Å². The van der Waals surface area contributed by atoms with Crippen LogP contribution >= 0.6 is 12.4 Å². The molecule has 92 valence electrons. The Kier molecular flexibility index (Phi) is 13.5. The van der Waals surface area contributed by atoms with Crippen molar-refractivity contribution in [1.29, 1.82) is 0 Å². The highest BCUT2D eigenvalue weighted by Gasteiger charge is 2.06. The fourth-order valence-electron chi connectivity index (χ4n) is 1.31. The van der Waals surface area contributed by atoms with Crippen LogP contribution in [-0.4, -0.2) is 30.9 Å². The van der Waals surface area contributed by atoms with E-state index in [4.69, 9.17) is 5.73 Å². The summed E-state index contributed by atoms with van der Waals surface area (Å²) in [5.41, 5.74) is 5.38. The van der Waals surface area contributed by atoms with Gasteiger partial charge in [0.15, 0.2) is 0 Å². The molecule has 3 nitrogen and oxygen atoms in total. The summed E-state index contributed by atoms with van der Waals surface area (Å²) in [7, 11) is 1.89. The largest absolute Gasteiger partial charge is 0.346 e. The fourth-order valence-corrected chi connectivity index (χ4v) is 1.31. The molecule has 15 heavy (non-hydrogen) atoms. The molecule has 0 radical (unpaired) electrons. The van der Waals surface area contributed by atoms with Gasteiger partial charge in [-0.1, -0.05) is 19.8 Å². The summed E-state index contributed by atoms with van der Waals surface area (Å²) in [5, 5.41) is 0. The predicted octanol–water partition coefficient (Wildman–Crippen LogP) is 2.19. The Morgan fingerprint density at radius 1 is 1.20 bits per heavy atom. The molecule has 0 unspecified atom stereocenters. The highest BCUT2D eigenvalue weighted by molar-refractivity contribution is 5.85. The third-order valence-corrected chi connectivity index (χ3v) is 2.37. The molecule has 0 aliphatic heterocycles. The second-order valence-corrected chi connectivity index (χ2v) is 3.77. The molecule has 2 N–H and O–H groups in total. The second-order valence-electron chi connectivity index (χ2n) is 3.77. The molecule has 0 bridgehead atoms. The van der Waals surface area contributed by atoms with Crippen molar-refractivity contribution in [2.24, 2.45) is 5.73 Å². The van der Waals surface area contributed by atoms with E-state index in [2.05, 4.69) is 6.92 Å². The molecular formula is C11H25ClN2O. The second kappa shape index (κ2) is 11.8. The topological polar surface area (TPSA) is 46.3 Å². The lowest BCUT2D eigenvalue weighted by atomic mass is 10.2. The number of amides is 1. The van der Waals surface area contributed by atoms with Crippen LogP contribution in [0.3, 0.4) is 0 Å². The minimum absolute atomic E-state index is 0. The predicted molar refractivity (Wildman–Crippen MR) is 67.3 cm³/mol. The third kappa shape index (κ3) is 10.0. The van der Waals surface area contributed by atoms with Crippen LogP contribution < -0.4 is 5.73 Å². The van der Waals surface area contributed by atoms with E-state index < -0.39 is 0 Å². The first kappa shape index (κ1) is 17.1. The molecular weight excluding hydrogens is 212 g/mol. The highest BCUT2D eigenvalue weighted by atomic mass is 35.5. The Bertz CT molecular complexity index is 154. The average molecular weight is 237 g/mol. The molecule has 0 aliphatic carbocycles. The van der Waals surface area contributed by atoms with E-state index in [1.165, 1.54) is 0 Å². The van der Waals surface area contributed by atoms with Gasteiger partial charge in [0.05, 0.1) is 0 Å². The normalized spacial score (nSPS) is 9.53. The smallest absolute Gasteiger partial charge is 0.222 e. The van der Waals surface area contributed by atoms with Gasteiger partial charge in [-0.25, -0.2) is 0 Å². The summed E-state index contributed by atoms with van der Waals surface area (Å²) in [6.45, 7) is 3.77. The van der Waals surface area contributed by atoms with Crippen molar-refractivity contribution < 1.29 is 4.79 Å². The lowest BCUT2D eigenvalue weighted by Gasteiger charge is -2.16. The molecule has 1 amide bonds. The van der Waals surface area contributed by atoms with Crippen LogP contribution in [0.1, 0.15) is 45.4 Å². The number of rotatable bonds is 8. The summed E-state index contributed by atoms with van der Waals surface area (Å²) in [6.07, 6.45) is 6.01. The van der Waals surface area contributed by atoms with Crippen LogP contribution in [0.5, 0.6) is 0 Å². The lowest BCUT2D eigenvalue weighted by molar-refractivity contribution is -0.130. The first-order chi connectivity index (χ1) is 6.72. The van der Waals surface area contributed by atoms with Crippen LogP contribution in [-0.2, 0) is 4.79 Å². The van der Waals surface area contributed by atoms with Gasteiger partial charge < -0.3 is 10.6 Å². The van der Waals surface area contributed by atoms with Crippen LogP contribution in [0, 0.1) is 0 Å². The maximum atomic E-state index is 11.5. The van der Waals surface area contributed by atoms with Crippen molar-refractivity contribution in [1.82, 2.24) is 4.90 Å². The number of hydrogen-bond acceptors (Lipinski definition) is 2. The van der Waals surface area contributed by atoms with E-state index >= 15 is 0 Å². The van der Waals surface area contributed by atoms with Gasteiger partial charge in [-0.2, -0.15) is 0 Å². The molecule has 0 aromatic carbocycles. The molecule has 0 aromatic heterocycles.